The van der Waals surface area contributed by atoms with Crippen LogP contribution in [0, 0.1) is 5.92 Å². The van der Waals surface area contributed by atoms with Crippen LogP contribution in [0.5, 0.6) is 11.5 Å². The molecule has 8 nitrogen and oxygen atoms in total. The zero-order valence-corrected chi connectivity index (χ0v) is 22.8. The summed E-state index contributed by atoms with van der Waals surface area (Å²) in [5.74, 6) is -1.46. The molecule has 1 aliphatic heterocycles. The molecule has 0 bridgehead atoms. The second kappa shape index (κ2) is 12.9. The smallest absolute Gasteiger partial charge is 0.496 e. The third kappa shape index (κ3) is 7.10. The average molecular weight is 573 g/mol. The minimum absolute atomic E-state index is 0.000647. The van der Waals surface area contributed by atoms with E-state index in [2.05, 4.69) is 10.1 Å². The summed E-state index contributed by atoms with van der Waals surface area (Å²) >= 11 is 0. The Labute approximate surface area is 236 Å². The molecule has 1 fully saturated rings. The Morgan fingerprint density at radius 1 is 0.951 bits per heavy atom. The van der Waals surface area contributed by atoms with E-state index in [4.69, 9.17) is 14.2 Å². The number of carbonyl (C=O) groups excluding carboxylic acids is 2. The van der Waals surface area contributed by atoms with Crippen LogP contribution in [-0.4, -0.2) is 49.6 Å². The number of amides is 1. The van der Waals surface area contributed by atoms with Gasteiger partial charge in [0.15, 0.2) is 0 Å². The standard InChI is InChI=1S/C30H31F3N2O6/c1-19-25(28(36)39-3)26(34-17-22-16-23(41-30(31,32)33)14-15-24(22)38-2)27(21-12-8-5-9-13-21)35(19)29(37)40-18-20-10-6-4-7-11-20/h4-16,19,25-27,34H,17-18H2,1-3H3/t19-,25-,26+,27+/m1/s1. The van der Waals surface area contributed by atoms with E-state index in [1.165, 1.54) is 31.3 Å². The maximum atomic E-state index is 13.5. The van der Waals surface area contributed by atoms with Crippen molar-refractivity contribution in [1.29, 1.82) is 0 Å². The third-order valence-corrected chi connectivity index (χ3v) is 7.03. The summed E-state index contributed by atoms with van der Waals surface area (Å²) in [7, 11) is 2.66. The highest BCUT2D eigenvalue weighted by Gasteiger charge is 2.53. The van der Waals surface area contributed by atoms with Crippen molar-refractivity contribution in [1.82, 2.24) is 10.2 Å². The highest BCUT2D eigenvalue weighted by Crippen LogP contribution is 2.42. The van der Waals surface area contributed by atoms with Crippen LogP contribution in [0.15, 0.2) is 78.9 Å². The van der Waals surface area contributed by atoms with Gasteiger partial charge in [0.05, 0.1) is 26.2 Å². The van der Waals surface area contributed by atoms with Crippen LogP contribution in [-0.2, 0) is 27.4 Å². The molecule has 0 aliphatic carbocycles. The summed E-state index contributed by atoms with van der Waals surface area (Å²) < 4.78 is 58.8. The number of benzene rings is 3. The average Bonchev–Trinajstić information content (AvgIpc) is 3.26. The first-order chi connectivity index (χ1) is 19.6. The van der Waals surface area contributed by atoms with Crippen LogP contribution < -0.4 is 14.8 Å². The van der Waals surface area contributed by atoms with E-state index < -0.39 is 48.2 Å². The molecule has 0 radical (unpaired) electrons. The fourth-order valence-corrected chi connectivity index (χ4v) is 5.22. The molecule has 0 saturated carbocycles. The summed E-state index contributed by atoms with van der Waals surface area (Å²) in [5.41, 5.74) is 1.90. The molecule has 0 unspecified atom stereocenters. The molecule has 4 atom stereocenters. The zero-order valence-electron chi connectivity index (χ0n) is 22.8. The monoisotopic (exact) mass is 572 g/mol. The lowest BCUT2D eigenvalue weighted by molar-refractivity contribution is -0.274. The van der Waals surface area contributed by atoms with Gasteiger partial charge in [-0.1, -0.05) is 60.7 Å². The van der Waals surface area contributed by atoms with E-state index in [1.54, 1.807) is 6.92 Å². The molecule has 11 heteroatoms. The number of methoxy groups -OCH3 is 2. The molecular formula is C30H31F3N2O6. The highest BCUT2D eigenvalue weighted by atomic mass is 19.4. The second-order valence-electron chi connectivity index (χ2n) is 9.52. The summed E-state index contributed by atoms with van der Waals surface area (Å²) in [5, 5.41) is 3.30. The number of ether oxygens (including phenoxy) is 4. The first-order valence-corrected chi connectivity index (χ1v) is 12.9. The second-order valence-corrected chi connectivity index (χ2v) is 9.52. The van der Waals surface area contributed by atoms with Crippen molar-refractivity contribution in [3.63, 3.8) is 0 Å². The van der Waals surface area contributed by atoms with Crippen LogP contribution in [0.3, 0.4) is 0 Å². The van der Waals surface area contributed by atoms with Crippen molar-refractivity contribution >= 4 is 12.1 Å². The zero-order chi connectivity index (χ0) is 29.6. The predicted molar refractivity (Wildman–Crippen MR) is 143 cm³/mol. The van der Waals surface area contributed by atoms with Gasteiger partial charge in [-0.2, -0.15) is 0 Å². The van der Waals surface area contributed by atoms with Gasteiger partial charge in [0.1, 0.15) is 18.1 Å². The number of carbonyl (C=O) groups is 2. The van der Waals surface area contributed by atoms with Gasteiger partial charge >= 0.3 is 18.4 Å². The summed E-state index contributed by atoms with van der Waals surface area (Å²) in [6.07, 6.45) is -5.48. The largest absolute Gasteiger partial charge is 0.573 e. The molecule has 1 saturated heterocycles. The van der Waals surface area contributed by atoms with Gasteiger partial charge in [-0.15, -0.1) is 13.2 Å². The van der Waals surface area contributed by atoms with Gasteiger partial charge in [0.25, 0.3) is 0 Å². The molecule has 0 aromatic heterocycles. The van der Waals surface area contributed by atoms with Gasteiger partial charge in [-0.25, -0.2) is 4.79 Å². The Hall–Kier alpha value is -4.25. The van der Waals surface area contributed by atoms with Crippen LogP contribution in [0.1, 0.15) is 29.7 Å². The summed E-state index contributed by atoms with van der Waals surface area (Å²) in [6, 6.07) is 20.1. The summed E-state index contributed by atoms with van der Waals surface area (Å²) in [4.78, 5) is 28.2. The number of hydrogen-bond acceptors (Lipinski definition) is 7. The number of likely N-dealkylation sites (tertiary alicyclic amines) is 1. The lowest BCUT2D eigenvalue weighted by Gasteiger charge is -2.30. The van der Waals surface area contributed by atoms with Gasteiger partial charge < -0.3 is 24.3 Å². The molecule has 0 spiro atoms. The van der Waals surface area contributed by atoms with Crippen molar-refractivity contribution in [3.05, 3.63) is 95.6 Å². The Bertz CT molecular complexity index is 1320. The number of halogens is 3. The molecular weight excluding hydrogens is 541 g/mol. The van der Waals surface area contributed by atoms with E-state index >= 15 is 0 Å². The van der Waals surface area contributed by atoms with Gasteiger partial charge in [0, 0.05) is 24.2 Å². The van der Waals surface area contributed by atoms with Crippen LogP contribution in [0.25, 0.3) is 0 Å². The Morgan fingerprint density at radius 3 is 2.22 bits per heavy atom. The number of nitrogens with one attached hydrogen (secondary N) is 1. The number of esters is 1. The fraction of sp³-hybridized carbons (Fsp3) is 0.333. The number of alkyl halides is 3. The van der Waals surface area contributed by atoms with Crippen molar-refractivity contribution < 1.29 is 41.7 Å². The minimum Gasteiger partial charge on any atom is -0.496 e. The Kier molecular flexibility index (Phi) is 9.38. The predicted octanol–water partition coefficient (Wildman–Crippen LogP) is 5.62. The quantitative estimate of drug-likeness (QED) is 0.333. The van der Waals surface area contributed by atoms with E-state index in [1.807, 2.05) is 60.7 Å². The van der Waals surface area contributed by atoms with E-state index in [-0.39, 0.29) is 13.2 Å². The van der Waals surface area contributed by atoms with E-state index in [0.29, 0.717) is 11.3 Å². The Balaban J connectivity index is 1.67. The normalized spacial score (nSPS) is 20.4. The molecule has 3 aromatic rings. The maximum absolute atomic E-state index is 13.5. The SMILES string of the molecule is COC(=O)[C@H]1[C@H](NCc2cc(OC(F)(F)F)ccc2OC)[C@H](c2ccccc2)N(C(=O)OCc2ccccc2)[C@@H]1C. The van der Waals surface area contributed by atoms with Crippen molar-refractivity contribution in [2.24, 2.45) is 5.92 Å². The van der Waals surface area contributed by atoms with Crippen molar-refractivity contribution in [2.75, 3.05) is 14.2 Å². The lowest BCUT2D eigenvalue weighted by atomic mass is 9.91. The van der Waals surface area contributed by atoms with Gasteiger partial charge in [0.2, 0.25) is 0 Å². The number of nitrogens with zero attached hydrogens (tertiary/aromatic N) is 1. The van der Waals surface area contributed by atoms with E-state index in [9.17, 15) is 22.8 Å². The molecule has 1 amide bonds. The maximum Gasteiger partial charge on any atom is 0.573 e. The molecule has 218 valence electrons. The molecule has 1 heterocycles. The van der Waals surface area contributed by atoms with Crippen molar-refractivity contribution in [3.8, 4) is 11.5 Å². The molecule has 1 N–H and O–H groups in total. The molecule has 3 aromatic carbocycles. The van der Waals surface area contributed by atoms with Gasteiger partial charge in [-0.05, 0) is 36.2 Å². The Morgan fingerprint density at radius 2 is 1.61 bits per heavy atom. The highest BCUT2D eigenvalue weighted by molar-refractivity contribution is 5.78. The number of hydrogen-bond donors (Lipinski definition) is 1. The third-order valence-electron chi connectivity index (χ3n) is 7.03. The minimum atomic E-state index is -4.87. The van der Waals surface area contributed by atoms with Crippen LogP contribution in [0.2, 0.25) is 0 Å². The van der Waals surface area contributed by atoms with Crippen LogP contribution in [0.4, 0.5) is 18.0 Å². The molecule has 1 aliphatic rings. The molecule has 4 rings (SSSR count). The number of rotatable bonds is 9. The van der Waals surface area contributed by atoms with Gasteiger partial charge in [-0.3, -0.25) is 9.69 Å². The fourth-order valence-electron chi connectivity index (χ4n) is 5.22. The van der Waals surface area contributed by atoms with E-state index in [0.717, 1.165) is 17.2 Å². The summed E-state index contributed by atoms with van der Waals surface area (Å²) in [6.45, 7) is 1.77. The van der Waals surface area contributed by atoms with Crippen molar-refractivity contribution in [2.45, 2.75) is 44.6 Å². The topological polar surface area (TPSA) is 86.3 Å². The molecule has 41 heavy (non-hydrogen) atoms. The first kappa shape index (κ1) is 29.7. The lowest BCUT2D eigenvalue weighted by Crippen LogP contribution is -2.42. The first-order valence-electron chi connectivity index (χ1n) is 12.9. The van der Waals surface area contributed by atoms with Crippen LogP contribution >= 0.6 is 0 Å².